The maximum atomic E-state index is 13.8. The molecule has 4 nitrogen and oxygen atoms in total. The molecule has 3 rings (SSSR count). The minimum absolute atomic E-state index is 0.0181. The summed E-state index contributed by atoms with van der Waals surface area (Å²) in [6.45, 7) is 5.64. The molecule has 25 heavy (non-hydrogen) atoms. The molecule has 1 heterocycles. The molecule has 0 aromatic heterocycles. The van der Waals surface area contributed by atoms with Crippen molar-refractivity contribution in [1.82, 2.24) is 9.80 Å². The summed E-state index contributed by atoms with van der Waals surface area (Å²) in [6, 6.07) is 11.8. The van der Waals surface area contributed by atoms with Crippen molar-refractivity contribution in [1.29, 1.82) is 0 Å². The Hall–Kier alpha value is -2.69. The van der Waals surface area contributed by atoms with Crippen molar-refractivity contribution in [3.63, 3.8) is 0 Å². The van der Waals surface area contributed by atoms with E-state index in [0.29, 0.717) is 31.7 Å². The van der Waals surface area contributed by atoms with E-state index in [9.17, 15) is 14.0 Å². The molecule has 0 radical (unpaired) electrons. The number of carbonyl (C=O) groups is 2. The van der Waals surface area contributed by atoms with E-state index < -0.39 is 5.82 Å². The SMILES string of the molecule is Cc1ccc(C(=O)N2CCN(C(=O)c3ccccc3F)CC2)c(C)c1. The van der Waals surface area contributed by atoms with Crippen LogP contribution in [0, 0.1) is 19.7 Å². The second-order valence-corrected chi connectivity index (χ2v) is 6.38. The third-order valence-corrected chi connectivity index (χ3v) is 4.57. The predicted molar refractivity (Wildman–Crippen MR) is 94.1 cm³/mol. The minimum atomic E-state index is -0.513. The van der Waals surface area contributed by atoms with E-state index in [-0.39, 0.29) is 17.4 Å². The van der Waals surface area contributed by atoms with Crippen LogP contribution < -0.4 is 0 Å². The van der Waals surface area contributed by atoms with Crippen LogP contribution in [-0.2, 0) is 0 Å². The van der Waals surface area contributed by atoms with Gasteiger partial charge in [0.25, 0.3) is 11.8 Å². The first-order chi connectivity index (χ1) is 12.0. The zero-order chi connectivity index (χ0) is 18.0. The Kier molecular flexibility index (Phi) is 4.83. The van der Waals surface area contributed by atoms with E-state index in [1.54, 1.807) is 21.9 Å². The van der Waals surface area contributed by atoms with Crippen molar-refractivity contribution < 1.29 is 14.0 Å². The zero-order valence-corrected chi connectivity index (χ0v) is 14.5. The van der Waals surface area contributed by atoms with Crippen LogP contribution in [0.1, 0.15) is 31.8 Å². The largest absolute Gasteiger partial charge is 0.335 e. The predicted octanol–water partition coefficient (Wildman–Crippen LogP) is 3.04. The molecule has 130 valence electrons. The molecule has 2 aromatic rings. The van der Waals surface area contributed by atoms with Crippen molar-refractivity contribution in [3.05, 3.63) is 70.5 Å². The molecule has 0 unspecified atom stereocenters. The van der Waals surface area contributed by atoms with Crippen LogP contribution in [0.3, 0.4) is 0 Å². The van der Waals surface area contributed by atoms with Crippen LogP contribution in [-0.4, -0.2) is 47.8 Å². The van der Waals surface area contributed by atoms with E-state index in [4.69, 9.17) is 0 Å². The van der Waals surface area contributed by atoms with E-state index in [2.05, 4.69) is 0 Å². The lowest BCUT2D eigenvalue weighted by Gasteiger charge is -2.35. The van der Waals surface area contributed by atoms with Crippen LogP contribution in [0.2, 0.25) is 0 Å². The molecule has 5 heteroatoms. The Balaban J connectivity index is 1.66. The number of carbonyl (C=O) groups excluding carboxylic acids is 2. The number of rotatable bonds is 2. The maximum Gasteiger partial charge on any atom is 0.256 e. The van der Waals surface area contributed by atoms with Gasteiger partial charge < -0.3 is 9.80 Å². The molecule has 0 saturated carbocycles. The minimum Gasteiger partial charge on any atom is -0.335 e. The first kappa shape index (κ1) is 17.1. The third kappa shape index (κ3) is 3.55. The van der Waals surface area contributed by atoms with E-state index in [1.165, 1.54) is 12.1 Å². The summed E-state index contributed by atoms with van der Waals surface area (Å²) in [6.07, 6.45) is 0. The molecule has 2 amide bonds. The van der Waals surface area contributed by atoms with Crippen molar-refractivity contribution in [2.45, 2.75) is 13.8 Å². The highest BCUT2D eigenvalue weighted by Gasteiger charge is 2.27. The highest BCUT2D eigenvalue weighted by atomic mass is 19.1. The Morgan fingerprint density at radius 3 is 1.96 bits per heavy atom. The van der Waals surface area contributed by atoms with Gasteiger partial charge in [0.05, 0.1) is 5.56 Å². The number of piperazine rings is 1. The average Bonchev–Trinajstić information content (AvgIpc) is 2.61. The molecule has 0 bridgehead atoms. The van der Waals surface area contributed by atoms with Gasteiger partial charge in [-0.3, -0.25) is 9.59 Å². The van der Waals surface area contributed by atoms with E-state index in [1.807, 2.05) is 32.0 Å². The van der Waals surface area contributed by atoms with Gasteiger partial charge in [0, 0.05) is 31.7 Å². The quantitative estimate of drug-likeness (QED) is 0.843. The van der Waals surface area contributed by atoms with Crippen molar-refractivity contribution in [2.24, 2.45) is 0 Å². The van der Waals surface area contributed by atoms with E-state index >= 15 is 0 Å². The van der Waals surface area contributed by atoms with Gasteiger partial charge >= 0.3 is 0 Å². The molecule has 1 fully saturated rings. The van der Waals surface area contributed by atoms with Crippen LogP contribution in [0.15, 0.2) is 42.5 Å². The molecular formula is C20H21FN2O2. The Morgan fingerprint density at radius 1 is 0.840 bits per heavy atom. The van der Waals surface area contributed by atoms with Gasteiger partial charge in [0.1, 0.15) is 5.82 Å². The Morgan fingerprint density at radius 2 is 1.40 bits per heavy atom. The lowest BCUT2D eigenvalue weighted by atomic mass is 10.0. The monoisotopic (exact) mass is 340 g/mol. The number of benzene rings is 2. The Bertz CT molecular complexity index is 811. The van der Waals surface area contributed by atoms with Gasteiger partial charge in [-0.15, -0.1) is 0 Å². The first-order valence-electron chi connectivity index (χ1n) is 8.37. The van der Waals surface area contributed by atoms with Crippen LogP contribution in [0.4, 0.5) is 4.39 Å². The summed E-state index contributed by atoms with van der Waals surface area (Å²) < 4.78 is 13.8. The number of nitrogens with zero attached hydrogens (tertiary/aromatic N) is 2. The average molecular weight is 340 g/mol. The van der Waals surface area contributed by atoms with E-state index in [0.717, 1.165) is 11.1 Å². The molecule has 1 aliphatic rings. The van der Waals surface area contributed by atoms with Crippen LogP contribution in [0.25, 0.3) is 0 Å². The molecular weight excluding hydrogens is 319 g/mol. The molecule has 0 aliphatic carbocycles. The van der Waals surface area contributed by atoms with Gasteiger partial charge in [-0.05, 0) is 37.6 Å². The fourth-order valence-corrected chi connectivity index (χ4v) is 3.14. The second-order valence-electron chi connectivity index (χ2n) is 6.38. The number of hydrogen-bond donors (Lipinski definition) is 0. The fraction of sp³-hybridized carbons (Fsp3) is 0.300. The maximum absolute atomic E-state index is 13.8. The topological polar surface area (TPSA) is 40.6 Å². The molecule has 0 N–H and O–H groups in total. The van der Waals surface area contributed by atoms with Gasteiger partial charge in [-0.1, -0.05) is 29.8 Å². The summed E-state index contributed by atoms with van der Waals surface area (Å²) in [5.41, 5.74) is 2.85. The number of amides is 2. The van der Waals surface area contributed by atoms with Gasteiger partial charge in [0.15, 0.2) is 0 Å². The first-order valence-corrected chi connectivity index (χ1v) is 8.37. The van der Waals surface area contributed by atoms with Crippen LogP contribution >= 0.6 is 0 Å². The van der Waals surface area contributed by atoms with Gasteiger partial charge in [-0.2, -0.15) is 0 Å². The smallest absolute Gasteiger partial charge is 0.256 e. The van der Waals surface area contributed by atoms with Gasteiger partial charge in [-0.25, -0.2) is 4.39 Å². The zero-order valence-electron chi connectivity index (χ0n) is 14.5. The summed E-state index contributed by atoms with van der Waals surface area (Å²) in [4.78, 5) is 28.5. The van der Waals surface area contributed by atoms with Crippen molar-refractivity contribution >= 4 is 11.8 Å². The molecule has 0 atom stereocenters. The molecule has 1 saturated heterocycles. The molecule has 2 aromatic carbocycles. The highest BCUT2D eigenvalue weighted by molar-refractivity contribution is 5.97. The highest BCUT2D eigenvalue weighted by Crippen LogP contribution is 2.16. The van der Waals surface area contributed by atoms with Crippen molar-refractivity contribution in [2.75, 3.05) is 26.2 Å². The summed E-state index contributed by atoms with van der Waals surface area (Å²) >= 11 is 0. The summed E-state index contributed by atoms with van der Waals surface area (Å²) in [5.74, 6) is -0.853. The second kappa shape index (κ2) is 7.05. The fourth-order valence-electron chi connectivity index (χ4n) is 3.14. The van der Waals surface area contributed by atoms with Crippen molar-refractivity contribution in [3.8, 4) is 0 Å². The lowest BCUT2D eigenvalue weighted by molar-refractivity contribution is 0.0532. The van der Waals surface area contributed by atoms with Crippen LogP contribution in [0.5, 0.6) is 0 Å². The summed E-state index contributed by atoms with van der Waals surface area (Å²) in [5, 5.41) is 0. The number of hydrogen-bond acceptors (Lipinski definition) is 2. The Labute approximate surface area is 146 Å². The normalized spacial score (nSPS) is 14.5. The number of aryl methyl sites for hydroxylation is 2. The third-order valence-electron chi connectivity index (χ3n) is 4.57. The van der Waals surface area contributed by atoms with Gasteiger partial charge in [0.2, 0.25) is 0 Å². The lowest BCUT2D eigenvalue weighted by Crippen LogP contribution is -2.50. The molecule has 1 aliphatic heterocycles. The summed E-state index contributed by atoms with van der Waals surface area (Å²) in [7, 11) is 0. The molecule has 0 spiro atoms. The number of halogens is 1. The standard InChI is InChI=1S/C20H21FN2O2/c1-14-7-8-16(15(2)13-14)19(24)22-9-11-23(12-10-22)20(25)17-5-3-4-6-18(17)21/h3-8,13H,9-12H2,1-2H3.